The van der Waals surface area contributed by atoms with E-state index in [9.17, 15) is 13.2 Å². The Balaban J connectivity index is 1.76. The molecule has 0 radical (unpaired) electrons. The molecule has 1 atom stereocenters. The summed E-state index contributed by atoms with van der Waals surface area (Å²) < 4.78 is 39.5. The van der Waals surface area contributed by atoms with Gasteiger partial charge in [0.2, 0.25) is 21.1 Å². The molecule has 0 aliphatic carbocycles. The smallest absolute Gasteiger partial charge is 0.244 e. The van der Waals surface area contributed by atoms with Gasteiger partial charge in [-0.2, -0.15) is 4.72 Å². The van der Waals surface area contributed by atoms with Gasteiger partial charge in [0.1, 0.15) is 11.0 Å². The van der Waals surface area contributed by atoms with Gasteiger partial charge >= 0.3 is 0 Å². The highest BCUT2D eigenvalue weighted by atomic mass is 32.2. The maximum Gasteiger partial charge on any atom is 0.244 e. The molecule has 1 aliphatic rings. The number of hydrogen-bond acceptors (Lipinski definition) is 8. The molecule has 2 aromatic rings. The van der Waals surface area contributed by atoms with Gasteiger partial charge in [-0.15, -0.1) is 10.2 Å². The van der Waals surface area contributed by atoms with Crippen LogP contribution in [0.5, 0.6) is 11.5 Å². The highest BCUT2D eigenvalue weighted by molar-refractivity contribution is 7.89. The predicted molar refractivity (Wildman–Crippen MR) is 114 cm³/mol. The van der Waals surface area contributed by atoms with Gasteiger partial charge in [-0.05, 0) is 24.5 Å². The number of sulfonamides is 1. The number of fused-ring (bicyclic) bond motifs is 1. The van der Waals surface area contributed by atoms with E-state index in [4.69, 9.17) is 9.47 Å². The summed E-state index contributed by atoms with van der Waals surface area (Å²) in [5.41, 5.74) is 0. The van der Waals surface area contributed by atoms with Crippen LogP contribution in [-0.4, -0.2) is 43.8 Å². The summed E-state index contributed by atoms with van der Waals surface area (Å²) in [6.45, 7) is 6.52. The van der Waals surface area contributed by atoms with Crippen molar-refractivity contribution in [2.75, 3.05) is 18.5 Å². The number of aromatic nitrogens is 2. The first-order valence-corrected chi connectivity index (χ1v) is 12.2. The standard InChI is InChI=1S/C19H26N4O5S2/c1-4-6-16-21-22-19(29-16)20-18(24)17(12(2)3)23-30(25,26)13-7-8-14-15(11-13)28-10-5-9-27-14/h7-8,11-12,17,23H,4-6,9-10H2,1-3H3,(H,20,22,24). The van der Waals surface area contributed by atoms with Crippen molar-refractivity contribution in [3.63, 3.8) is 0 Å². The zero-order valence-corrected chi connectivity index (χ0v) is 18.8. The van der Waals surface area contributed by atoms with Crippen molar-refractivity contribution >= 4 is 32.4 Å². The fraction of sp³-hybridized carbons (Fsp3) is 0.526. The Bertz CT molecular complexity index is 991. The highest BCUT2D eigenvalue weighted by Crippen LogP contribution is 2.32. The zero-order chi connectivity index (χ0) is 21.7. The minimum absolute atomic E-state index is 0.00588. The first kappa shape index (κ1) is 22.4. The van der Waals surface area contributed by atoms with Crippen molar-refractivity contribution in [1.29, 1.82) is 0 Å². The van der Waals surface area contributed by atoms with Gasteiger partial charge in [0.15, 0.2) is 11.5 Å². The van der Waals surface area contributed by atoms with Gasteiger partial charge < -0.3 is 9.47 Å². The van der Waals surface area contributed by atoms with E-state index in [2.05, 4.69) is 20.2 Å². The van der Waals surface area contributed by atoms with E-state index in [1.807, 2.05) is 6.92 Å². The molecule has 0 saturated carbocycles. The Morgan fingerprint density at radius 1 is 1.20 bits per heavy atom. The van der Waals surface area contributed by atoms with Crippen LogP contribution in [0, 0.1) is 5.92 Å². The predicted octanol–water partition coefficient (Wildman–Crippen LogP) is 2.59. The highest BCUT2D eigenvalue weighted by Gasteiger charge is 2.30. The van der Waals surface area contributed by atoms with Crippen LogP contribution in [0.1, 0.15) is 38.6 Å². The van der Waals surface area contributed by atoms with Gasteiger partial charge in [0, 0.05) is 18.9 Å². The topological polar surface area (TPSA) is 120 Å². The van der Waals surface area contributed by atoms with E-state index in [1.54, 1.807) is 19.9 Å². The summed E-state index contributed by atoms with van der Waals surface area (Å²) >= 11 is 1.28. The van der Waals surface area contributed by atoms with Gasteiger partial charge in [-0.3, -0.25) is 10.1 Å². The molecule has 1 aliphatic heterocycles. The molecule has 2 heterocycles. The Labute approximate surface area is 180 Å². The molecule has 1 aromatic heterocycles. The van der Waals surface area contributed by atoms with Gasteiger partial charge in [-0.1, -0.05) is 32.1 Å². The molecule has 1 aromatic carbocycles. The SMILES string of the molecule is CCCc1nnc(NC(=O)C(NS(=O)(=O)c2ccc3c(c2)OCCCO3)C(C)C)s1. The number of rotatable bonds is 8. The van der Waals surface area contributed by atoms with Crippen molar-refractivity contribution in [2.24, 2.45) is 5.92 Å². The quantitative estimate of drug-likeness (QED) is 0.629. The fourth-order valence-corrected chi connectivity index (χ4v) is 5.04. The van der Waals surface area contributed by atoms with Crippen LogP contribution in [-0.2, 0) is 21.2 Å². The summed E-state index contributed by atoms with van der Waals surface area (Å²) in [4.78, 5) is 12.8. The van der Waals surface area contributed by atoms with Gasteiger partial charge in [-0.25, -0.2) is 8.42 Å². The molecule has 2 N–H and O–H groups in total. The number of aryl methyl sites for hydroxylation is 1. The van der Waals surface area contributed by atoms with Crippen molar-refractivity contribution < 1.29 is 22.7 Å². The van der Waals surface area contributed by atoms with Crippen molar-refractivity contribution in [3.05, 3.63) is 23.2 Å². The largest absolute Gasteiger partial charge is 0.490 e. The molecular weight excluding hydrogens is 428 g/mol. The Kier molecular flexibility index (Phi) is 7.27. The third-order valence-corrected chi connectivity index (χ3v) is 6.76. The Hall–Kier alpha value is -2.24. The van der Waals surface area contributed by atoms with E-state index < -0.39 is 22.0 Å². The molecule has 30 heavy (non-hydrogen) atoms. The van der Waals surface area contributed by atoms with Crippen molar-refractivity contribution in [1.82, 2.24) is 14.9 Å². The number of hydrogen-bond donors (Lipinski definition) is 2. The fourth-order valence-electron chi connectivity index (χ4n) is 2.84. The number of ether oxygens (including phenoxy) is 2. The van der Waals surface area contributed by atoms with E-state index >= 15 is 0 Å². The number of anilines is 1. The first-order chi connectivity index (χ1) is 14.3. The molecule has 0 bridgehead atoms. The number of carbonyl (C=O) groups is 1. The third kappa shape index (κ3) is 5.46. The second kappa shape index (κ2) is 9.71. The number of benzene rings is 1. The van der Waals surface area contributed by atoms with Gasteiger partial charge in [0.25, 0.3) is 0 Å². The van der Waals surface area contributed by atoms with Crippen molar-refractivity contribution in [2.45, 2.75) is 51.0 Å². The summed E-state index contributed by atoms with van der Waals surface area (Å²) in [5.74, 6) is 0.104. The third-order valence-electron chi connectivity index (χ3n) is 4.42. The van der Waals surface area contributed by atoms with Crippen LogP contribution >= 0.6 is 11.3 Å². The molecule has 0 saturated heterocycles. The summed E-state index contributed by atoms with van der Waals surface area (Å²) in [5, 5.41) is 11.8. The summed E-state index contributed by atoms with van der Waals surface area (Å²) in [7, 11) is -3.97. The normalized spacial score (nSPS) is 14.9. The van der Waals surface area contributed by atoms with E-state index in [0.717, 1.165) is 24.3 Å². The lowest BCUT2D eigenvalue weighted by atomic mass is 10.1. The zero-order valence-electron chi connectivity index (χ0n) is 17.2. The molecule has 1 unspecified atom stereocenters. The average molecular weight is 455 g/mol. The molecule has 0 spiro atoms. The van der Waals surface area contributed by atoms with Crippen LogP contribution in [0.2, 0.25) is 0 Å². The molecule has 11 heteroatoms. The van der Waals surface area contributed by atoms with Crippen LogP contribution in [0.15, 0.2) is 23.1 Å². The van der Waals surface area contributed by atoms with Gasteiger partial charge in [0.05, 0.1) is 18.1 Å². The lowest BCUT2D eigenvalue weighted by molar-refractivity contribution is -0.118. The molecular formula is C19H26N4O5S2. The number of amides is 1. The minimum atomic E-state index is -3.97. The summed E-state index contributed by atoms with van der Waals surface area (Å²) in [6.07, 6.45) is 2.42. The van der Waals surface area contributed by atoms with E-state index in [1.165, 1.54) is 23.5 Å². The average Bonchev–Trinajstić information content (AvgIpc) is 2.99. The molecule has 9 nitrogen and oxygen atoms in total. The number of nitrogens with one attached hydrogen (secondary N) is 2. The lowest BCUT2D eigenvalue weighted by Crippen LogP contribution is -2.47. The van der Waals surface area contributed by atoms with Crippen LogP contribution in [0.4, 0.5) is 5.13 Å². The van der Waals surface area contributed by atoms with Crippen LogP contribution in [0.3, 0.4) is 0 Å². The van der Waals surface area contributed by atoms with Crippen LogP contribution in [0.25, 0.3) is 0 Å². The number of carbonyl (C=O) groups excluding carboxylic acids is 1. The van der Waals surface area contributed by atoms with E-state index in [-0.39, 0.29) is 10.8 Å². The Morgan fingerprint density at radius 3 is 2.63 bits per heavy atom. The van der Waals surface area contributed by atoms with Crippen LogP contribution < -0.4 is 19.5 Å². The lowest BCUT2D eigenvalue weighted by Gasteiger charge is -2.21. The second-order valence-electron chi connectivity index (χ2n) is 7.24. The number of nitrogens with zero attached hydrogens (tertiary/aromatic N) is 2. The van der Waals surface area contributed by atoms with E-state index in [0.29, 0.717) is 29.8 Å². The maximum absolute atomic E-state index is 13.0. The molecule has 1 amide bonds. The molecule has 0 fully saturated rings. The Morgan fingerprint density at radius 2 is 1.93 bits per heavy atom. The summed E-state index contributed by atoms with van der Waals surface area (Å²) in [6, 6.07) is 3.44. The molecule has 3 rings (SSSR count). The van der Waals surface area contributed by atoms with Crippen molar-refractivity contribution in [3.8, 4) is 11.5 Å². The molecule has 164 valence electrons. The monoisotopic (exact) mass is 454 g/mol. The maximum atomic E-state index is 13.0. The minimum Gasteiger partial charge on any atom is -0.490 e. The second-order valence-corrected chi connectivity index (χ2v) is 10.0. The first-order valence-electron chi connectivity index (χ1n) is 9.85.